The Morgan fingerprint density at radius 1 is 1.18 bits per heavy atom. The van der Waals surface area contributed by atoms with Crippen LogP contribution < -0.4 is 4.74 Å². The second-order valence-electron chi connectivity index (χ2n) is 8.01. The molecule has 0 N–H and O–H groups in total. The summed E-state index contributed by atoms with van der Waals surface area (Å²) in [5, 5.41) is 0. The molecule has 0 spiro atoms. The van der Waals surface area contributed by atoms with Gasteiger partial charge in [0.15, 0.2) is 6.61 Å². The first-order chi connectivity index (χ1) is 15.9. The van der Waals surface area contributed by atoms with Gasteiger partial charge in [0.2, 0.25) is 10.0 Å². The lowest BCUT2D eigenvalue weighted by atomic mass is 10.00. The standard InChI is InChI=1S/C23H32N2O7S/c1-3-19-6-4-5-11-25(19)22(26)17-32-23(27)10-8-18-7-9-20(30-2)21(16-18)33(28,29)24-12-14-31-15-13-24/h7-10,16,19H,3-6,11-15,17H2,1-2H3/b10-8+. The van der Waals surface area contributed by atoms with Gasteiger partial charge in [-0.15, -0.1) is 0 Å². The van der Waals surface area contributed by atoms with E-state index in [1.165, 1.54) is 29.6 Å². The van der Waals surface area contributed by atoms with Crippen LogP contribution in [0.25, 0.3) is 6.08 Å². The maximum Gasteiger partial charge on any atom is 0.331 e. The number of ether oxygens (including phenoxy) is 3. The Hall–Kier alpha value is -2.43. The number of morpholine rings is 1. The molecule has 1 atom stereocenters. The average molecular weight is 481 g/mol. The summed E-state index contributed by atoms with van der Waals surface area (Å²) in [6, 6.07) is 4.85. The third-order valence-electron chi connectivity index (χ3n) is 5.94. The van der Waals surface area contributed by atoms with Crippen molar-refractivity contribution in [3.05, 3.63) is 29.8 Å². The number of sulfonamides is 1. The minimum absolute atomic E-state index is 0.0216. The van der Waals surface area contributed by atoms with Gasteiger partial charge in [0.05, 0.1) is 20.3 Å². The molecular weight excluding hydrogens is 448 g/mol. The van der Waals surface area contributed by atoms with Crippen LogP contribution in [0.3, 0.4) is 0 Å². The second kappa shape index (κ2) is 11.6. The third kappa shape index (κ3) is 6.33. The Morgan fingerprint density at radius 2 is 1.94 bits per heavy atom. The summed E-state index contributed by atoms with van der Waals surface area (Å²) >= 11 is 0. The highest BCUT2D eigenvalue weighted by Gasteiger charge is 2.29. The highest BCUT2D eigenvalue weighted by atomic mass is 32.2. The molecule has 0 radical (unpaired) electrons. The Bertz CT molecular complexity index is 971. The number of rotatable bonds is 8. The first-order valence-corrected chi connectivity index (χ1v) is 12.7. The summed E-state index contributed by atoms with van der Waals surface area (Å²) in [7, 11) is -2.37. The molecule has 2 saturated heterocycles. The fraction of sp³-hybridized carbons (Fsp3) is 0.565. The predicted octanol–water partition coefficient (Wildman–Crippen LogP) is 2.06. The molecular formula is C23H32N2O7S. The number of nitrogens with zero attached hydrogens (tertiary/aromatic N) is 2. The molecule has 0 aromatic heterocycles. The first-order valence-electron chi connectivity index (χ1n) is 11.3. The molecule has 1 amide bonds. The van der Waals surface area contributed by atoms with Crippen molar-refractivity contribution < 1.29 is 32.2 Å². The molecule has 0 bridgehead atoms. The van der Waals surface area contributed by atoms with Crippen molar-refractivity contribution in [1.82, 2.24) is 9.21 Å². The summed E-state index contributed by atoms with van der Waals surface area (Å²) in [5.41, 5.74) is 0.494. The van der Waals surface area contributed by atoms with E-state index in [4.69, 9.17) is 14.2 Å². The normalized spacial score (nSPS) is 20.1. The third-order valence-corrected chi connectivity index (χ3v) is 7.86. The van der Waals surface area contributed by atoms with E-state index in [1.54, 1.807) is 17.0 Å². The molecule has 33 heavy (non-hydrogen) atoms. The number of hydrogen-bond donors (Lipinski definition) is 0. The predicted molar refractivity (Wildman–Crippen MR) is 122 cm³/mol. The maximum atomic E-state index is 13.1. The van der Waals surface area contributed by atoms with Crippen molar-refractivity contribution in [3.8, 4) is 5.75 Å². The number of carbonyl (C=O) groups excluding carboxylic acids is 2. The Morgan fingerprint density at radius 3 is 2.64 bits per heavy atom. The number of piperidine rings is 1. The van der Waals surface area contributed by atoms with Gasteiger partial charge in [-0.2, -0.15) is 4.31 Å². The van der Waals surface area contributed by atoms with Gasteiger partial charge in [0.1, 0.15) is 10.6 Å². The fourth-order valence-corrected chi connectivity index (χ4v) is 5.70. The fourth-order valence-electron chi connectivity index (χ4n) is 4.11. The summed E-state index contributed by atoms with van der Waals surface area (Å²) in [5.74, 6) is -0.632. The monoisotopic (exact) mass is 480 g/mol. The minimum Gasteiger partial charge on any atom is -0.495 e. The highest BCUT2D eigenvalue weighted by Crippen LogP contribution is 2.29. The molecule has 1 aromatic carbocycles. The van der Waals surface area contributed by atoms with Gasteiger partial charge in [0.25, 0.3) is 5.91 Å². The van der Waals surface area contributed by atoms with Crippen LogP contribution in [0.5, 0.6) is 5.75 Å². The van der Waals surface area contributed by atoms with Crippen molar-refractivity contribution in [2.45, 2.75) is 43.5 Å². The Balaban J connectivity index is 1.65. The number of likely N-dealkylation sites (tertiary alicyclic amines) is 1. The first kappa shape index (κ1) is 25.2. The molecule has 0 saturated carbocycles. The lowest BCUT2D eigenvalue weighted by molar-refractivity contribution is -0.150. The number of carbonyl (C=O) groups is 2. The number of hydrogen-bond acceptors (Lipinski definition) is 7. The largest absolute Gasteiger partial charge is 0.495 e. The van der Waals surface area contributed by atoms with Crippen LogP contribution in [0, 0.1) is 0 Å². The van der Waals surface area contributed by atoms with Gasteiger partial charge in [-0.3, -0.25) is 4.79 Å². The average Bonchev–Trinajstić information content (AvgIpc) is 2.86. The molecule has 9 nitrogen and oxygen atoms in total. The molecule has 1 aromatic rings. The van der Waals surface area contributed by atoms with Crippen LogP contribution >= 0.6 is 0 Å². The van der Waals surface area contributed by atoms with Crippen molar-refractivity contribution in [1.29, 1.82) is 0 Å². The molecule has 10 heteroatoms. The smallest absolute Gasteiger partial charge is 0.331 e. The summed E-state index contributed by atoms with van der Waals surface area (Å²) in [4.78, 5) is 26.4. The zero-order valence-corrected chi connectivity index (χ0v) is 20.0. The summed E-state index contributed by atoms with van der Waals surface area (Å²) in [6.07, 6.45) is 6.57. The van der Waals surface area contributed by atoms with E-state index in [0.29, 0.717) is 25.3 Å². The van der Waals surface area contributed by atoms with Crippen molar-refractivity contribution in [2.75, 3.05) is 46.6 Å². The zero-order chi connectivity index (χ0) is 23.8. The molecule has 3 rings (SSSR count). The van der Waals surface area contributed by atoms with E-state index in [-0.39, 0.29) is 42.3 Å². The lowest BCUT2D eigenvalue weighted by Crippen LogP contribution is -2.45. The van der Waals surface area contributed by atoms with E-state index < -0.39 is 16.0 Å². The molecule has 2 fully saturated rings. The van der Waals surface area contributed by atoms with Gasteiger partial charge in [-0.1, -0.05) is 13.0 Å². The van der Waals surface area contributed by atoms with Crippen LogP contribution in [-0.4, -0.2) is 82.1 Å². The van der Waals surface area contributed by atoms with E-state index in [1.807, 2.05) is 6.92 Å². The van der Waals surface area contributed by atoms with E-state index >= 15 is 0 Å². The molecule has 182 valence electrons. The maximum absolute atomic E-state index is 13.1. The lowest BCUT2D eigenvalue weighted by Gasteiger charge is -2.35. The van der Waals surface area contributed by atoms with Crippen LogP contribution in [0.15, 0.2) is 29.2 Å². The van der Waals surface area contributed by atoms with Crippen molar-refractivity contribution in [3.63, 3.8) is 0 Å². The van der Waals surface area contributed by atoms with Crippen LogP contribution in [0.2, 0.25) is 0 Å². The number of amides is 1. The van der Waals surface area contributed by atoms with Gasteiger partial charge < -0.3 is 19.1 Å². The van der Waals surface area contributed by atoms with Crippen molar-refractivity contribution >= 4 is 28.0 Å². The Kier molecular flexibility index (Phi) is 8.87. The van der Waals surface area contributed by atoms with E-state index in [9.17, 15) is 18.0 Å². The van der Waals surface area contributed by atoms with E-state index in [2.05, 4.69) is 0 Å². The number of benzene rings is 1. The molecule has 2 aliphatic heterocycles. The summed E-state index contributed by atoms with van der Waals surface area (Å²) < 4.78 is 43.1. The Labute approximate surface area is 195 Å². The highest BCUT2D eigenvalue weighted by molar-refractivity contribution is 7.89. The van der Waals surface area contributed by atoms with Crippen LogP contribution in [0.4, 0.5) is 0 Å². The molecule has 2 heterocycles. The van der Waals surface area contributed by atoms with Crippen LogP contribution in [0.1, 0.15) is 38.2 Å². The van der Waals surface area contributed by atoms with Gasteiger partial charge in [-0.05, 0) is 49.5 Å². The van der Waals surface area contributed by atoms with Gasteiger partial charge >= 0.3 is 5.97 Å². The second-order valence-corrected chi connectivity index (χ2v) is 9.92. The summed E-state index contributed by atoms with van der Waals surface area (Å²) in [6.45, 7) is 3.64. The van der Waals surface area contributed by atoms with Gasteiger partial charge in [-0.25, -0.2) is 13.2 Å². The minimum atomic E-state index is -3.78. The molecule has 0 aliphatic carbocycles. The van der Waals surface area contributed by atoms with E-state index in [0.717, 1.165) is 25.7 Å². The zero-order valence-electron chi connectivity index (χ0n) is 19.2. The number of methoxy groups -OCH3 is 1. The SMILES string of the molecule is CCC1CCCCN1C(=O)COC(=O)/C=C/c1ccc(OC)c(S(=O)(=O)N2CCOCC2)c1. The quantitative estimate of drug-likeness (QED) is 0.415. The molecule has 2 aliphatic rings. The topological polar surface area (TPSA) is 102 Å². The van der Waals surface area contributed by atoms with Crippen molar-refractivity contribution in [2.24, 2.45) is 0 Å². The van der Waals surface area contributed by atoms with Crippen LogP contribution in [-0.2, 0) is 29.1 Å². The number of esters is 1. The van der Waals surface area contributed by atoms with Gasteiger partial charge in [0, 0.05) is 31.8 Å². The molecule has 1 unspecified atom stereocenters.